The Hall–Kier alpha value is -3.49. The first kappa shape index (κ1) is 16.4. The van der Waals surface area contributed by atoms with E-state index >= 15 is 0 Å². The number of para-hydroxylation sites is 1. The monoisotopic (exact) mass is 340 g/mol. The number of aryl methyl sites for hydroxylation is 2. The molecule has 0 aliphatic heterocycles. The third-order valence-electron chi connectivity index (χ3n) is 3.46. The molecule has 1 amide bonds. The third kappa shape index (κ3) is 3.25. The van der Waals surface area contributed by atoms with E-state index in [2.05, 4.69) is 25.9 Å². The highest BCUT2D eigenvalue weighted by molar-refractivity contribution is 5.97. The summed E-state index contributed by atoms with van der Waals surface area (Å²) in [4.78, 5) is 32.4. The summed E-state index contributed by atoms with van der Waals surface area (Å²) in [6.07, 6.45) is 0. The van der Waals surface area contributed by atoms with Crippen molar-refractivity contribution in [3.8, 4) is 0 Å². The summed E-state index contributed by atoms with van der Waals surface area (Å²) in [5.41, 5.74) is 7.45. The molecular formula is C16H16N6O3. The average Bonchev–Trinajstić information content (AvgIpc) is 3.03. The standard InChI is InChI=1S/C16H16N6O3/c1-9-8-10(2)22-16(17-9)18-13(21-22)14(23)20-19-12-7-5-4-6-11(12)15(24)25-3/h4-8,19H,1-3H3,(H,20,23). The number of benzene rings is 1. The Balaban J connectivity index is 1.80. The lowest BCUT2D eigenvalue weighted by Crippen LogP contribution is -2.31. The summed E-state index contributed by atoms with van der Waals surface area (Å²) >= 11 is 0. The minimum atomic E-state index is -0.553. The number of esters is 1. The fraction of sp³-hybridized carbons (Fsp3) is 0.188. The molecule has 128 valence electrons. The van der Waals surface area contributed by atoms with Crippen LogP contribution in [0.25, 0.3) is 5.78 Å². The molecule has 2 N–H and O–H groups in total. The van der Waals surface area contributed by atoms with E-state index in [1.807, 2.05) is 19.9 Å². The van der Waals surface area contributed by atoms with Crippen molar-refractivity contribution in [3.63, 3.8) is 0 Å². The summed E-state index contributed by atoms with van der Waals surface area (Å²) in [5, 5.41) is 4.14. The minimum absolute atomic E-state index is 0.0377. The Morgan fingerprint density at radius 1 is 1.16 bits per heavy atom. The first-order valence-electron chi connectivity index (χ1n) is 7.44. The summed E-state index contributed by atoms with van der Waals surface area (Å²) in [7, 11) is 1.29. The summed E-state index contributed by atoms with van der Waals surface area (Å²) < 4.78 is 6.20. The number of anilines is 1. The fourth-order valence-electron chi connectivity index (χ4n) is 2.32. The molecule has 0 saturated heterocycles. The number of nitrogens with one attached hydrogen (secondary N) is 2. The molecule has 0 spiro atoms. The molecule has 2 heterocycles. The number of rotatable bonds is 4. The van der Waals surface area contributed by atoms with E-state index in [9.17, 15) is 9.59 Å². The predicted molar refractivity (Wildman–Crippen MR) is 89.1 cm³/mol. The number of fused-ring (bicyclic) bond motifs is 1. The molecular weight excluding hydrogens is 324 g/mol. The topological polar surface area (TPSA) is 111 Å². The number of carbonyl (C=O) groups excluding carboxylic acids is 2. The lowest BCUT2D eigenvalue weighted by Gasteiger charge is -2.10. The Kier molecular flexibility index (Phi) is 4.29. The molecule has 0 bridgehead atoms. The molecule has 0 unspecified atom stereocenters. The largest absolute Gasteiger partial charge is 0.465 e. The van der Waals surface area contributed by atoms with Crippen molar-refractivity contribution in [1.82, 2.24) is 25.0 Å². The van der Waals surface area contributed by atoms with Gasteiger partial charge in [-0.2, -0.15) is 4.98 Å². The van der Waals surface area contributed by atoms with Crippen molar-refractivity contribution < 1.29 is 14.3 Å². The van der Waals surface area contributed by atoms with Crippen molar-refractivity contribution in [3.05, 3.63) is 53.1 Å². The number of amides is 1. The van der Waals surface area contributed by atoms with Crippen LogP contribution in [-0.2, 0) is 4.74 Å². The van der Waals surface area contributed by atoms with Crippen molar-refractivity contribution in [1.29, 1.82) is 0 Å². The van der Waals surface area contributed by atoms with Crippen molar-refractivity contribution in [2.75, 3.05) is 12.5 Å². The molecule has 9 nitrogen and oxygen atoms in total. The van der Waals surface area contributed by atoms with Crippen LogP contribution < -0.4 is 10.9 Å². The van der Waals surface area contributed by atoms with Gasteiger partial charge in [0.05, 0.1) is 18.4 Å². The zero-order valence-electron chi connectivity index (χ0n) is 13.9. The Labute approximate surface area is 143 Å². The molecule has 0 atom stereocenters. The van der Waals surface area contributed by atoms with Gasteiger partial charge in [-0.15, -0.1) is 5.10 Å². The number of hydrogen-bond donors (Lipinski definition) is 2. The van der Waals surface area contributed by atoms with Gasteiger partial charge in [0.15, 0.2) is 0 Å². The van der Waals surface area contributed by atoms with Crippen LogP contribution in [0.4, 0.5) is 5.69 Å². The third-order valence-corrected chi connectivity index (χ3v) is 3.46. The maximum absolute atomic E-state index is 12.3. The van der Waals surface area contributed by atoms with Gasteiger partial charge in [-0.1, -0.05) is 12.1 Å². The van der Waals surface area contributed by atoms with Gasteiger partial charge in [0, 0.05) is 11.4 Å². The summed E-state index contributed by atoms with van der Waals surface area (Å²) in [6.45, 7) is 3.69. The zero-order valence-corrected chi connectivity index (χ0v) is 13.9. The molecule has 0 saturated carbocycles. The molecule has 1 aromatic carbocycles. The van der Waals surface area contributed by atoms with Crippen LogP contribution in [0.5, 0.6) is 0 Å². The van der Waals surface area contributed by atoms with Crippen molar-refractivity contribution in [2.45, 2.75) is 13.8 Å². The highest BCUT2D eigenvalue weighted by atomic mass is 16.5. The van der Waals surface area contributed by atoms with Gasteiger partial charge in [-0.25, -0.2) is 14.3 Å². The van der Waals surface area contributed by atoms with Gasteiger partial charge in [0.2, 0.25) is 5.82 Å². The van der Waals surface area contributed by atoms with E-state index in [4.69, 9.17) is 4.74 Å². The van der Waals surface area contributed by atoms with Gasteiger partial charge in [0.25, 0.3) is 5.78 Å². The van der Waals surface area contributed by atoms with Crippen molar-refractivity contribution in [2.24, 2.45) is 0 Å². The number of hydrazine groups is 1. The zero-order chi connectivity index (χ0) is 18.0. The second-order valence-corrected chi connectivity index (χ2v) is 5.30. The van der Waals surface area contributed by atoms with Gasteiger partial charge in [-0.3, -0.25) is 15.6 Å². The van der Waals surface area contributed by atoms with E-state index in [-0.39, 0.29) is 5.82 Å². The lowest BCUT2D eigenvalue weighted by atomic mass is 10.2. The number of methoxy groups -OCH3 is 1. The number of nitrogens with zero attached hydrogens (tertiary/aromatic N) is 4. The van der Waals surface area contributed by atoms with E-state index in [1.54, 1.807) is 24.3 Å². The molecule has 25 heavy (non-hydrogen) atoms. The molecule has 0 aliphatic carbocycles. The molecule has 0 aliphatic rings. The first-order valence-corrected chi connectivity index (χ1v) is 7.44. The maximum atomic E-state index is 12.3. The average molecular weight is 340 g/mol. The van der Waals surface area contributed by atoms with Gasteiger partial charge < -0.3 is 4.74 Å². The molecule has 9 heteroatoms. The van der Waals surface area contributed by atoms with E-state index in [1.165, 1.54) is 11.6 Å². The smallest absolute Gasteiger partial charge is 0.340 e. The highest BCUT2D eigenvalue weighted by Crippen LogP contribution is 2.15. The molecule has 2 aromatic heterocycles. The summed E-state index contributed by atoms with van der Waals surface area (Å²) in [6, 6.07) is 8.48. The number of hydrogen-bond acceptors (Lipinski definition) is 7. The number of carbonyl (C=O) groups is 2. The molecule has 3 rings (SSSR count). The van der Waals surface area contributed by atoms with E-state index in [0.717, 1.165) is 11.4 Å². The second kappa shape index (κ2) is 6.56. The first-order chi connectivity index (χ1) is 12.0. The van der Waals surface area contributed by atoms with Crippen LogP contribution in [-0.4, -0.2) is 38.6 Å². The SMILES string of the molecule is COC(=O)c1ccccc1NNC(=O)c1nc2nc(C)cc(C)n2n1. The van der Waals surface area contributed by atoms with Crippen LogP contribution >= 0.6 is 0 Å². The van der Waals surface area contributed by atoms with Crippen LogP contribution in [0.1, 0.15) is 32.4 Å². The van der Waals surface area contributed by atoms with Gasteiger partial charge in [-0.05, 0) is 32.0 Å². The quantitative estimate of drug-likeness (QED) is 0.544. The van der Waals surface area contributed by atoms with E-state index in [0.29, 0.717) is 17.0 Å². The maximum Gasteiger partial charge on any atom is 0.340 e. The fourth-order valence-corrected chi connectivity index (χ4v) is 2.32. The molecule has 0 fully saturated rings. The number of aromatic nitrogens is 4. The lowest BCUT2D eigenvalue weighted by molar-refractivity contribution is 0.0601. The number of ether oxygens (including phenoxy) is 1. The van der Waals surface area contributed by atoms with Crippen LogP contribution in [0.15, 0.2) is 30.3 Å². The molecule has 0 radical (unpaired) electrons. The van der Waals surface area contributed by atoms with Crippen LogP contribution in [0.2, 0.25) is 0 Å². The molecule has 3 aromatic rings. The van der Waals surface area contributed by atoms with Crippen LogP contribution in [0, 0.1) is 13.8 Å². The Morgan fingerprint density at radius 3 is 2.68 bits per heavy atom. The minimum Gasteiger partial charge on any atom is -0.465 e. The Bertz CT molecular complexity index is 966. The highest BCUT2D eigenvalue weighted by Gasteiger charge is 2.16. The predicted octanol–water partition coefficient (Wildman–Crippen LogP) is 1.28. The van der Waals surface area contributed by atoms with E-state index < -0.39 is 11.9 Å². The summed E-state index contributed by atoms with van der Waals surface area (Å²) in [5.74, 6) is -0.761. The van der Waals surface area contributed by atoms with Gasteiger partial charge >= 0.3 is 11.9 Å². The van der Waals surface area contributed by atoms with Crippen LogP contribution in [0.3, 0.4) is 0 Å². The Morgan fingerprint density at radius 2 is 1.92 bits per heavy atom. The second-order valence-electron chi connectivity index (χ2n) is 5.30. The normalized spacial score (nSPS) is 10.5. The van der Waals surface area contributed by atoms with Gasteiger partial charge in [0.1, 0.15) is 0 Å². The van der Waals surface area contributed by atoms with Crippen molar-refractivity contribution >= 4 is 23.3 Å².